The van der Waals surface area contributed by atoms with Crippen LogP contribution in [0.25, 0.3) is 0 Å². The van der Waals surface area contributed by atoms with Crippen LogP contribution in [0.3, 0.4) is 0 Å². The fourth-order valence-electron chi connectivity index (χ4n) is 1.31. The van der Waals surface area contributed by atoms with Crippen molar-refractivity contribution in [1.29, 1.82) is 0 Å². The largest absolute Gasteiger partial charge is 0.383 e. The van der Waals surface area contributed by atoms with Crippen molar-refractivity contribution >= 4 is 11.6 Å². The number of carbonyl (C=O) groups is 1. The highest BCUT2D eigenvalue weighted by Crippen LogP contribution is 2.01. The lowest BCUT2D eigenvalue weighted by atomic mass is 10.3. The van der Waals surface area contributed by atoms with Gasteiger partial charge in [-0.05, 0) is 6.92 Å². The minimum Gasteiger partial charge on any atom is -0.383 e. The standard InChI is InChI=1S/C10H18N4O2/c1-8(7-16-3)13-10(15)5-11-9-4-12-14(2)6-9/h4,6,8,11H,5,7H2,1-3H3,(H,13,15). The van der Waals surface area contributed by atoms with Crippen LogP contribution < -0.4 is 10.6 Å². The smallest absolute Gasteiger partial charge is 0.239 e. The molecule has 2 N–H and O–H groups in total. The van der Waals surface area contributed by atoms with Crippen molar-refractivity contribution < 1.29 is 9.53 Å². The minimum atomic E-state index is -0.0617. The molecule has 0 bridgehead atoms. The molecule has 6 nitrogen and oxygen atoms in total. The van der Waals surface area contributed by atoms with Crippen LogP contribution in [0.1, 0.15) is 6.92 Å². The highest BCUT2D eigenvalue weighted by atomic mass is 16.5. The van der Waals surface area contributed by atoms with Gasteiger partial charge < -0.3 is 15.4 Å². The fourth-order valence-corrected chi connectivity index (χ4v) is 1.31. The van der Waals surface area contributed by atoms with Gasteiger partial charge in [0, 0.05) is 26.4 Å². The van der Waals surface area contributed by atoms with E-state index in [2.05, 4.69) is 15.7 Å². The first-order valence-corrected chi connectivity index (χ1v) is 5.12. The molecule has 1 heterocycles. The number of carbonyl (C=O) groups excluding carboxylic acids is 1. The highest BCUT2D eigenvalue weighted by Gasteiger charge is 2.06. The summed E-state index contributed by atoms with van der Waals surface area (Å²) in [5.41, 5.74) is 0.831. The van der Waals surface area contributed by atoms with E-state index in [0.29, 0.717) is 6.61 Å². The van der Waals surface area contributed by atoms with Crippen LogP contribution in [0, 0.1) is 0 Å². The number of ether oxygens (including phenoxy) is 1. The summed E-state index contributed by atoms with van der Waals surface area (Å²) in [6.45, 7) is 2.64. The minimum absolute atomic E-state index is 0.0215. The number of aromatic nitrogens is 2. The van der Waals surface area contributed by atoms with Crippen LogP contribution >= 0.6 is 0 Å². The zero-order chi connectivity index (χ0) is 12.0. The van der Waals surface area contributed by atoms with E-state index >= 15 is 0 Å². The Kier molecular flexibility index (Phi) is 4.78. The topological polar surface area (TPSA) is 68.2 Å². The van der Waals surface area contributed by atoms with Crippen molar-refractivity contribution in [1.82, 2.24) is 15.1 Å². The summed E-state index contributed by atoms with van der Waals surface area (Å²) in [7, 11) is 3.43. The van der Waals surface area contributed by atoms with Gasteiger partial charge in [-0.1, -0.05) is 0 Å². The zero-order valence-corrected chi connectivity index (χ0v) is 9.86. The Hall–Kier alpha value is -1.56. The Bertz CT molecular complexity index is 337. The molecule has 0 saturated carbocycles. The quantitative estimate of drug-likeness (QED) is 0.715. The number of nitrogens with one attached hydrogen (secondary N) is 2. The molecule has 6 heteroatoms. The molecule has 0 aliphatic heterocycles. The Labute approximate surface area is 95.0 Å². The van der Waals surface area contributed by atoms with Gasteiger partial charge in [0.25, 0.3) is 0 Å². The molecule has 1 rings (SSSR count). The second-order valence-electron chi connectivity index (χ2n) is 3.68. The average molecular weight is 226 g/mol. The Balaban J connectivity index is 2.25. The van der Waals surface area contributed by atoms with E-state index in [1.165, 1.54) is 0 Å². The van der Waals surface area contributed by atoms with Gasteiger partial charge in [0.1, 0.15) is 0 Å². The Morgan fingerprint density at radius 3 is 3.00 bits per heavy atom. The first kappa shape index (κ1) is 12.5. The van der Waals surface area contributed by atoms with E-state index in [1.807, 2.05) is 20.2 Å². The predicted molar refractivity (Wildman–Crippen MR) is 61.2 cm³/mol. The summed E-state index contributed by atoms with van der Waals surface area (Å²) in [4.78, 5) is 11.5. The number of nitrogens with zero attached hydrogens (tertiary/aromatic N) is 2. The van der Waals surface area contributed by atoms with Crippen LogP contribution in [0.4, 0.5) is 5.69 Å². The third-order valence-electron chi connectivity index (χ3n) is 1.98. The molecule has 90 valence electrons. The molecule has 0 aliphatic rings. The van der Waals surface area contributed by atoms with Gasteiger partial charge in [-0.3, -0.25) is 9.48 Å². The molecule has 0 spiro atoms. The maximum Gasteiger partial charge on any atom is 0.239 e. The van der Waals surface area contributed by atoms with Crippen molar-refractivity contribution in [2.75, 3.05) is 25.6 Å². The molecule has 1 atom stereocenters. The molecule has 0 radical (unpaired) electrons. The van der Waals surface area contributed by atoms with E-state index in [4.69, 9.17) is 4.74 Å². The van der Waals surface area contributed by atoms with Crippen LogP contribution in [0.2, 0.25) is 0 Å². The summed E-state index contributed by atoms with van der Waals surface area (Å²) in [6.07, 6.45) is 3.48. The SMILES string of the molecule is COCC(C)NC(=O)CNc1cnn(C)c1. The molecule has 1 unspecified atom stereocenters. The molecule has 1 aromatic rings. The van der Waals surface area contributed by atoms with Gasteiger partial charge in [-0.15, -0.1) is 0 Å². The van der Waals surface area contributed by atoms with Crippen molar-refractivity contribution in [3.63, 3.8) is 0 Å². The van der Waals surface area contributed by atoms with Gasteiger partial charge in [0.05, 0.1) is 25.0 Å². The predicted octanol–water partition coefficient (Wildman–Crippen LogP) is -0.0169. The van der Waals surface area contributed by atoms with E-state index in [-0.39, 0.29) is 18.5 Å². The van der Waals surface area contributed by atoms with Gasteiger partial charge in [-0.25, -0.2) is 0 Å². The summed E-state index contributed by atoms with van der Waals surface area (Å²) in [5.74, 6) is -0.0617. The number of hydrogen-bond acceptors (Lipinski definition) is 4. The summed E-state index contributed by atoms with van der Waals surface area (Å²) in [6, 6.07) is 0.0215. The fraction of sp³-hybridized carbons (Fsp3) is 0.600. The van der Waals surface area contributed by atoms with E-state index in [0.717, 1.165) is 5.69 Å². The highest BCUT2D eigenvalue weighted by molar-refractivity contribution is 5.80. The van der Waals surface area contributed by atoms with Crippen molar-refractivity contribution in [3.8, 4) is 0 Å². The zero-order valence-electron chi connectivity index (χ0n) is 9.86. The van der Waals surface area contributed by atoms with Gasteiger partial charge in [-0.2, -0.15) is 5.10 Å². The van der Waals surface area contributed by atoms with Crippen LogP contribution in [-0.2, 0) is 16.6 Å². The first-order valence-electron chi connectivity index (χ1n) is 5.12. The van der Waals surface area contributed by atoms with Crippen LogP contribution in [0.5, 0.6) is 0 Å². The number of rotatable bonds is 6. The lowest BCUT2D eigenvalue weighted by Gasteiger charge is -2.12. The van der Waals surface area contributed by atoms with E-state index in [1.54, 1.807) is 18.0 Å². The Morgan fingerprint density at radius 2 is 2.44 bits per heavy atom. The molecule has 0 aliphatic carbocycles. The Morgan fingerprint density at radius 1 is 1.69 bits per heavy atom. The number of methoxy groups -OCH3 is 1. The summed E-state index contributed by atoms with van der Waals surface area (Å²) in [5, 5.41) is 9.77. The maximum absolute atomic E-state index is 11.5. The molecule has 0 aromatic carbocycles. The lowest BCUT2D eigenvalue weighted by molar-refractivity contribution is -0.120. The van der Waals surface area contributed by atoms with E-state index < -0.39 is 0 Å². The normalized spacial score (nSPS) is 12.2. The number of aryl methyl sites for hydroxylation is 1. The molecule has 1 aromatic heterocycles. The molecule has 16 heavy (non-hydrogen) atoms. The van der Waals surface area contributed by atoms with E-state index in [9.17, 15) is 4.79 Å². The average Bonchev–Trinajstić information content (AvgIpc) is 2.61. The van der Waals surface area contributed by atoms with Gasteiger partial charge in [0.2, 0.25) is 5.91 Å². The maximum atomic E-state index is 11.5. The second-order valence-corrected chi connectivity index (χ2v) is 3.68. The molecular formula is C10H18N4O2. The summed E-state index contributed by atoms with van der Waals surface area (Å²) >= 11 is 0. The van der Waals surface area contributed by atoms with Crippen molar-refractivity contribution in [2.45, 2.75) is 13.0 Å². The second kappa shape index (κ2) is 6.12. The molecule has 1 amide bonds. The molecular weight excluding hydrogens is 208 g/mol. The van der Waals surface area contributed by atoms with Gasteiger partial charge in [0.15, 0.2) is 0 Å². The molecule has 0 saturated heterocycles. The van der Waals surface area contributed by atoms with Crippen LogP contribution in [0.15, 0.2) is 12.4 Å². The van der Waals surface area contributed by atoms with Crippen molar-refractivity contribution in [3.05, 3.63) is 12.4 Å². The van der Waals surface area contributed by atoms with Gasteiger partial charge >= 0.3 is 0 Å². The first-order chi connectivity index (χ1) is 7.61. The third-order valence-corrected chi connectivity index (χ3v) is 1.98. The lowest BCUT2D eigenvalue weighted by Crippen LogP contribution is -2.38. The third kappa shape index (κ3) is 4.31. The number of amides is 1. The molecule has 0 fully saturated rings. The number of hydrogen-bond donors (Lipinski definition) is 2. The monoisotopic (exact) mass is 226 g/mol. The van der Waals surface area contributed by atoms with Crippen molar-refractivity contribution in [2.24, 2.45) is 7.05 Å². The van der Waals surface area contributed by atoms with Crippen LogP contribution in [-0.4, -0.2) is 42.0 Å². The summed E-state index contributed by atoms with van der Waals surface area (Å²) < 4.78 is 6.60. The number of anilines is 1.